The molecule has 0 aromatic carbocycles. The van der Waals surface area contributed by atoms with E-state index in [1.807, 2.05) is 29.3 Å². The molecule has 1 aliphatic carbocycles. The minimum Gasteiger partial charge on any atom is -0.467 e. The largest absolute Gasteiger partial charge is 0.467 e. The molecule has 22 heavy (non-hydrogen) atoms. The molecule has 0 aliphatic heterocycles. The fourth-order valence-corrected chi connectivity index (χ4v) is 3.42. The highest BCUT2D eigenvalue weighted by Gasteiger charge is 2.38. The highest BCUT2D eigenvalue weighted by Crippen LogP contribution is 2.35. The van der Waals surface area contributed by atoms with Crippen LogP contribution >= 0.6 is 11.3 Å². The second kappa shape index (κ2) is 6.52. The van der Waals surface area contributed by atoms with E-state index in [0.717, 1.165) is 30.0 Å². The summed E-state index contributed by atoms with van der Waals surface area (Å²) in [6.45, 7) is 4.07. The second-order valence-corrected chi connectivity index (χ2v) is 6.54. The summed E-state index contributed by atoms with van der Waals surface area (Å²) < 4.78 is 5.48. The van der Waals surface area contributed by atoms with Crippen LogP contribution in [0.1, 0.15) is 56.0 Å². The van der Waals surface area contributed by atoms with Gasteiger partial charge in [0.25, 0.3) is 0 Å². The van der Waals surface area contributed by atoms with Gasteiger partial charge < -0.3 is 14.6 Å². The van der Waals surface area contributed by atoms with Crippen LogP contribution in [0, 0.1) is 0 Å². The molecule has 5 nitrogen and oxygen atoms in total. The molecule has 2 amide bonds. The Kier molecular flexibility index (Phi) is 4.47. The molecule has 1 fully saturated rings. The van der Waals surface area contributed by atoms with Crippen LogP contribution in [0.4, 0.5) is 4.79 Å². The third-order valence-electron chi connectivity index (χ3n) is 4.00. The maximum Gasteiger partial charge on any atom is 0.318 e. The number of furan rings is 1. The van der Waals surface area contributed by atoms with Crippen molar-refractivity contribution < 1.29 is 9.21 Å². The Bertz CT molecular complexity index is 593. The van der Waals surface area contributed by atoms with Crippen LogP contribution in [0.15, 0.2) is 34.4 Å². The first-order chi connectivity index (χ1) is 10.7. The summed E-state index contributed by atoms with van der Waals surface area (Å²) in [4.78, 5) is 19.0. The van der Waals surface area contributed by atoms with Gasteiger partial charge in [-0.1, -0.05) is 6.92 Å². The van der Waals surface area contributed by atoms with E-state index in [9.17, 15) is 4.79 Å². The first-order valence-corrected chi connectivity index (χ1v) is 8.60. The lowest BCUT2D eigenvalue weighted by atomic mass is 10.2. The van der Waals surface area contributed by atoms with Gasteiger partial charge in [-0.25, -0.2) is 9.78 Å². The standard InChI is InChI=1S/C16H21N3O2S/c1-3-13(15-17-8-10-22-15)18-16(20)19(12-6-7-12)11(2)14-5-4-9-21-14/h4-5,8-13H,3,6-7H2,1-2H3,(H,18,20)/t11-,13+/m1/s1. The number of carbonyl (C=O) groups excluding carboxylic acids is 1. The van der Waals surface area contributed by atoms with Gasteiger partial charge in [0.2, 0.25) is 0 Å². The molecule has 2 atom stereocenters. The van der Waals surface area contributed by atoms with E-state index in [2.05, 4.69) is 17.2 Å². The van der Waals surface area contributed by atoms with E-state index in [4.69, 9.17) is 4.42 Å². The Morgan fingerprint density at radius 3 is 2.95 bits per heavy atom. The van der Waals surface area contributed by atoms with Crippen molar-refractivity contribution in [1.82, 2.24) is 15.2 Å². The maximum atomic E-state index is 12.8. The van der Waals surface area contributed by atoms with E-state index >= 15 is 0 Å². The number of thiazole rings is 1. The molecule has 0 bridgehead atoms. The zero-order valence-corrected chi connectivity index (χ0v) is 13.7. The van der Waals surface area contributed by atoms with Crippen molar-refractivity contribution in [3.8, 4) is 0 Å². The fourth-order valence-electron chi connectivity index (χ4n) is 2.65. The predicted octanol–water partition coefficient (Wildman–Crippen LogP) is 4.12. The first kappa shape index (κ1) is 15.1. The van der Waals surface area contributed by atoms with Crippen LogP contribution < -0.4 is 5.32 Å². The molecule has 1 saturated carbocycles. The lowest BCUT2D eigenvalue weighted by Gasteiger charge is -2.30. The van der Waals surface area contributed by atoms with Crippen molar-refractivity contribution in [3.63, 3.8) is 0 Å². The number of amides is 2. The van der Waals surface area contributed by atoms with Crippen molar-refractivity contribution in [2.45, 2.75) is 51.2 Å². The topological polar surface area (TPSA) is 58.4 Å². The molecule has 2 aromatic rings. The molecule has 0 spiro atoms. The third-order valence-corrected chi connectivity index (χ3v) is 4.89. The average molecular weight is 319 g/mol. The Morgan fingerprint density at radius 2 is 2.41 bits per heavy atom. The van der Waals surface area contributed by atoms with Crippen LogP contribution in [0.5, 0.6) is 0 Å². The fraction of sp³-hybridized carbons (Fsp3) is 0.500. The van der Waals surface area contributed by atoms with Gasteiger partial charge in [-0.05, 0) is 38.3 Å². The molecular formula is C16H21N3O2S. The van der Waals surface area contributed by atoms with Crippen molar-refractivity contribution >= 4 is 17.4 Å². The Labute approximate surface area is 134 Å². The molecule has 1 aliphatic rings. The van der Waals surface area contributed by atoms with Gasteiger partial charge in [0.1, 0.15) is 10.8 Å². The van der Waals surface area contributed by atoms with E-state index in [0.29, 0.717) is 6.04 Å². The number of nitrogens with one attached hydrogen (secondary N) is 1. The molecule has 2 heterocycles. The van der Waals surface area contributed by atoms with E-state index in [-0.39, 0.29) is 18.1 Å². The molecule has 2 aromatic heterocycles. The minimum absolute atomic E-state index is 0.0300. The van der Waals surface area contributed by atoms with Gasteiger partial charge >= 0.3 is 6.03 Å². The predicted molar refractivity (Wildman–Crippen MR) is 85.7 cm³/mol. The van der Waals surface area contributed by atoms with Gasteiger partial charge in [-0.3, -0.25) is 0 Å². The molecule has 1 N–H and O–H groups in total. The normalized spacial score (nSPS) is 17.0. The molecule has 118 valence electrons. The van der Waals surface area contributed by atoms with Gasteiger partial charge in [0.15, 0.2) is 0 Å². The number of aromatic nitrogens is 1. The molecule has 6 heteroatoms. The van der Waals surface area contributed by atoms with Crippen LogP contribution in [-0.4, -0.2) is 22.0 Å². The molecule has 0 unspecified atom stereocenters. The Morgan fingerprint density at radius 1 is 1.59 bits per heavy atom. The highest BCUT2D eigenvalue weighted by atomic mass is 32.1. The van der Waals surface area contributed by atoms with Gasteiger partial charge in [-0.15, -0.1) is 11.3 Å². The number of hydrogen-bond acceptors (Lipinski definition) is 4. The minimum atomic E-state index is -0.0590. The summed E-state index contributed by atoms with van der Waals surface area (Å²) in [6.07, 6.45) is 6.38. The SMILES string of the molecule is CC[C@H](NC(=O)N(C1CC1)[C@H](C)c1ccco1)c1nccs1. The lowest BCUT2D eigenvalue weighted by Crippen LogP contribution is -2.44. The molecule has 0 radical (unpaired) electrons. The highest BCUT2D eigenvalue weighted by molar-refractivity contribution is 7.09. The summed E-state index contributed by atoms with van der Waals surface area (Å²) in [5, 5.41) is 6.02. The molecule has 0 saturated heterocycles. The van der Waals surface area contributed by atoms with Crippen molar-refractivity contribution in [2.24, 2.45) is 0 Å². The molecule has 3 rings (SSSR count). The number of carbonyl (C=O) groups is 1. The van der Waals surface area contributed by atoms with Gasteiger partial charge in [-0.2, -0.15) is 0 Å². The van der Waals surface area contributed by atoms with Crippen LogP contribution in [0.25, 0.3) is 0 Å². The number of rotatable bonds is 6. The van der Waals surface area contributed by atoms with E-state index in [1.165, 1.54) is 0 Å². The van der Waals surface area contributed by atoms with Gasteiger partial charge in [0.05, 0.1) is 18.3 Å². The average Bonchev–Trinajstić information content (AvgIpc) is 3.01. The summed E-state index contributed by atoms with van der Waals surface area (Å²) in [5.41, 5.74) is 0. The first-order valence-electron chi connectivity index (χ1n) is 7.72. The van der Waals surface area contributed by atoms with Crippen molar-refractivity contribution in [1.29, 1.82) is 0 Å². The zero-order chi connectivity index (χ0) is 15.5. The summed E-state index contributed by atoms with van der Waals surface area (Å²) in [6, 6.07) is 3.97. The number of nitrogens with zero attached hydrogens (tertiary/aromatic N) is 2. The van der Waals surface area contributed by atoms with Crippen molar-refractivity contribution in [2.75, 3.05) is 0 Å². The lowest BCUT2D eigenvalue weighted by molar-refractivity contribution is 0.162. The summed E-state index contributed by atoms with van der Waals surface area (Å²) in [7, 11) is 0. The third kappa shape index (κ3) is 3.16. The number of urea groups is 1. The van der Waals surface area contributed by atoms with E-state index < -0.39 is 0 Å². The number of hydrogen-bond donors (Lipinski definition) is 1. The Balaban J connectivity index is 1.73. The Hall–Kier alpha value is -1.82. The maximum absolute atomic E-state index is 12.8. The zero-order valence-electron chi connectivity index (χ0n) is 12.9. The van der Waals surface area contributed by atoms with Gasteiger partial charge in [0, 0.05) is 17.6 Å². The molecular weight excluding hydrogens is 298 g/mol. The van der Waals surface area contributed by atoms with Crippen LogP contribution in [0.2, 0.25) is 0 Å². The van der Waals surface area contributed by atoms with Crippen LogP contribution in [0.3, 0.4) is 0 Å². The smallest absolute Gasteiger partial charge is 0.318 e. The summed E-state index contributed by atoms with van der Waals surface area (Å²) in [5.74, 6) is 0.823. The summed E-state index contributed by atoms with van der Waals surface area (Å²) >= 11 is 1.58. The monoisotopic (exact) mass is 319 g/mol. The van der Waals surface area contributed by atoms with Crippen molar-refractivity contribution in [3.05, 3.63) is 40.7 Å². The van der Waals surface area contributed by atoms with Crippen LogP contribution in [-0.2, 0) is 0 Å². The quantitative estimate of drug-likeness (QED) is 0.871. The van der Waals surface area contributed by atoms with E-state index in [1.54, 1.807) is 23.8 Å². The second-order valence-electron chi connectivity index (χ2n) is 5.61.